The van der Waals surface area contributed by atoms with Gasteiger partial charge in [0.1, 0.15) is 30.4 Å². The van der Waals surface area contributed by atoms with E-state index in [0.717, 1.165) is 0 Å². The maximum atomic E-state index is 12.1. The molecule has 0 aliphatic carbocycles. The number of H-pyrrole nitrogens is 1. The highest BCUT2D eigenvalue weighted by atomic mass is 16.5. The number of aromatic amines is 1. The number of methoxy groups -OCH3 is 1. The van der Waals surface area contributed by atoms with Gasteiger partial charge in [-0.15, -0.1) is 0 Å². The average molecular weight is 364 g/mol. The lowest BCUT2D eigenvalue weighted by Gasteiger charge is -2.15. The number of hydrogen-bond acceptors (Lipinski definition) is 7. The topological polar surface area (TPSA) is 123 Å². The van der Waals surface area contributed by atoms with Gasteiger partial charge in [0.25, 0.3) is 5.56 Å². The van der Waals surface area contributed by atoms with E-state index in [4.69, 9.17) is 19.3 Å². The molecule has 140 valence electrons. The van der Waals surface area contributed by atoms with Crippen molar-refractivity contribution in [1.29, 1.82) is 0 Å². The summed E-state index contributed by atoms with van der Waals surface area (Å²) in [6, 6.07) is 6.85. The zero-order valence-corrected chi connectivity index (χ0v) is 14.1. The van der Waals surface area contributed by atoms with Gasteiger partial charge in [0, 0.05) is 12.6 Å². The van der Waals surface area contributed by atoms with Gasteiger partial charge in [-0.2, -0.15) is 0 Å². The van der Waals surface area contributed by atoms with Gasteiger partial charge >= 0.3 is 5.69 Å². The number of hydrogen-bond donors (Lipinski definition) is 3. The number of nitrogens with zero attached hydrogens (tertiary/aromatic N) is 1. The monoisotopic (exact) mass is 364 g/mol. The molecule has 26 heavy (non-hydrogen) atoms. The molecule has 3 N–H and O–H groups in total. The van der Waals surface area contributed by atoms with Crippen LogP contribution in [0, 0.1) is 0 Å². The summed E-state index contributed by atoms with van der Waals surface area (Å²) in [5, 5.41) is 19.0. The van der Waals surface area contributed by atoms with Gasteiger partial charge in [-0.1, -0.05) is 0 Å². The number of benzene rings is 1. The van der Waals surface area contributed by atoms with E-state index in [1.54, 1.807) is 31.4 Å². The third-order valence-electron chi connectivity index (χ3n) is 4.19. The van der Waals surface area contributed by atoms with Gasteiger partial charge in [0.15, 0.2) is 0 Å². The molecule has 2 heterocycles. The predicted octanol–water partition coefficient (Wildman–Crippen LogP) is -0.235. The molecule has 0 saturated carbocycles. The molecule has 3 atom stereocenters. The molecule has 1 aliphatic heterocycles. The number of aliphatic hydroxyl groups excluding tert-OH is 2. The minimum Gasteiger partial charge on any atom is -0.497 e. The molecule has 3 rings (SSSR count). The average Bonchev–Trinajstić information content (AvgIpc) is 3.02. The second kappa shape index (κ2) is 7.73. The molecule has 1 saturated heterocycles. The van der Waals surface area contributed by atoms with Gasteiger partial charge in [-0.3, -0.25) is 14.3 Å². The van der Waals surface area contributed by atoms with Crippen LogP contribution in [0.5, 0.6) is 11.5 Å². The zero-order valence-electron chi connectivity index (χ0n) is 14.1. The lowest BCUT2D eigenvalue weighted by Crippen LogP contribution is -2.34. The van der Waals surface area contributed by atoms with Crippen molar-refractivity contribution >= 4 is 0 Å². The molecule has 3 unspecified atom stereocenters. The van der Waals surface area contributed by atoms with E-state index in [1.165, 1.54) is 10.8 Å². The number of rotatable bonds is 6. The van der Waals surface area contributed by atoms with Gasteiger partial charge < -0.3 is 24.4 Å². The minimum atomic E-state index is -0.886. The van der Waals surface area contributed by atoms with Crippen molar-refractivity contribution in [3.63, 3.8) is 0 Å². The lowest BCUT2D eigenvalue weighted by atomic mass is 10.2. The summed E-state index contributed by atoms with van der Waals surface area (Å²) in [6.45, 7) is -0.413. The van der Waals surface area contributed by atoms with E-state index in [0.29, 0.717) is 11.5 Å². The van der Waals surface area contributed by atoms with Gasteiger partial charge in [0.05, 0.1) is 25.4 Å². The Morgan fingerprint density at radius 3 is 2.58 bits per heavy atom. The number of aliphatic hydroxyl groups is 2. The van der Waals surface area contributed by atoms with Crippen molar-refractivity contribution in [2.45, 2.75) is 31.5 Å². The van der Waals surface area contributed by atoms with Crippen LogP contribution in [-0.4, -0.2) is 45.7 Å². The van der Waals surface area contributed by atoms with Crippen molar-refractivity contribution in [2.75, 3.05) is 13.7 Å². The summed E-state index contributed by atoms with van der Waals surface area (Å²) in [5.41, 5.74) is -0.984. The quantitative estimate of drug-likeness (QED) is 0.647. The van der Waals surface area contributed by atoms with Crippen molar-refractivity contribution in [1.82, 2.24) is 9.55 Å². The summed E-state index contributed by atoms with van der Waals surface area (Å²) in [4.78, 5) is 26.3. The second-order valence-electron chi connectivity index (χ2n) is 5.90. The Morgan fingerprint density at radius 2 is 1.96 bits per heavy atom. The van der Waals surface area contributed by atoms with E-state index >= 15 is 0 Å². The van der Waals surface area contributed by atoms with Crippen LogP contribution in [0.4, 0.5) is 0 Å². The van der Waals surface area contributed by atoms with Gasteiger partial charge in [-0.25, -0.2) is 4.79 Å². The molecule has 1 aromatic heterocycles. The molecule has 1 fully saturated rings. The van der Waals surface area contributed by atoms with E-state index in [1.807, 2.05) is 0 Å². The highest BCUT2D eigenvalue weighted by Gasteiger charge is 2.35. The summed E-state index contributed by atoms with van der Waals surface area (Å²) in [6.07, 6.45) is -0.940. The third kappa shape index (κ3) is 3.79. The Balaban J connectivity index is 1.77. The van der Waals surface area contributed by atoms with Crippen LogP contribution >= 0.6 is 0 Å². The highest BCUT2D eigenvalue weighted by Crippen LogP contribution is 2.27. The number of aromatic nitrogens is 2. The van der Waals surface area contributed by atoms with Crippen LogP contribution < -0.4 is 20.7 Å². The van der Waals surface area contributed by atoms with Crippen LogP contribution in [0.15, 0.2) is 40.1 Å². The normalized spacial score (nSPS) is 22.3. The maximum absolute atomic E-state index is 12.1. The Hall–Kier alpha value is -2.62. The Kier molecular flexibility index (Phi) is 5.40. The zero-order chi connectivity index (χ0) is 18.7. The Labute approximate surface area is 148 Å². The SMILES string of the molecule is COc1ccc(OCc2cn(C3CC(O)C(CO)O3)c(=O)[nH]c2=O)cc1. The number of nitrogens with one attached hydrogen (secondary N) is 1. The Bertz CT molecular complexity index is 859. The van der Waals surface area contributed by atoms with Crippen LogP contribution in [0.2, 0.25) is 0 Å². The maximum Gasteiger partial charge on any atom is 0.330 e. The summed E-state index contributed by atoms with van der Waals surface area (Å²) >= 11 is 0. The van der Waals surface area contributed by atoms with E-state index in [-0.39, 0.29) is 25.2 Å². The van der Waals surface area contributed by atoms with Crippen LogP contribution in [0.25, 0.3) is 0 Å². The fraction of sp³-hybridized carbons (Fsp3) is 0.412. The Morgan fingerprint density at radius 1 is 1.27 bits per heavy atom. The first-order chi connectivity index (χ1) is 12.5. The molecular formula is C17H20N2O7. The van der Waals surface area contributed by atoms with Crippen molar-refractivity contribution in [2.24, 2.45) is 0 Å². The van der Waals surface area contributed by atoms with Crippen molar-refractivity contribution in [3.8, 4) is 11.5 Å². The summed E-state index contributed by atoms with van der Waals surface area (Å²) in [5.74, 6) is 1.22. The molecule has 1 aliphatic rings. The standard InChI is InChI=1S/C17H20N2O7/c1-24-11-2-4-12(5-3-11)25-9-10-7-19(17(23)18-16(10)22)15-6-13(21)14(8-20)26-15/h2-5,7,13-15,20-21H,6,8-9H2,1H3,(H,18,22,23). The number of ether oxygens (including phenoxy) is 3. The van der Waals surface area contributed by atoms with Gasteiger partial charge in [-0.05, 0) is 24.3 Å². The van der Waals surface area contributed by atoms with Crippen LogP contribution in [0.1, 0.15) is 18.2 Å². The van der Waals surface area contributed by atoms with Gasteiger partial charge in [0.2, 0.25) is 0 Å². The molecular weight excluding hydrogens is 344 g/mol. The minimum absolute atomic E-state index is 0.0549. The van der Waals surface area contributed by atoms with E-state index < -0.39 is 29.7 Å². The predicted molar refractivity (Wildman–Crippen MR) is 90.3 cm³/mol. The first-order valence-corrected chi connectivity index (χ1v) is 8.07. The largest absolute Gasteiger partial charge is 0.497 e. The molecule has 9 heteroatoms. The van der Waals surface area contributed by atoms with Crippen LogP contribution in [0.3, 0.4) is 0 Å². The molecule has 0 bridgehead atoms. The summed E-state index contributed by atoms with van der Waals surface area (Å²) < 4.78 is 17.3. The fourth-order valence-corrected chi connectivity index (χ4v) is 2.73. The molecule has 0 radical (unpaired) electrons. The molecule has 9 nitrogen and oxygen atoms in total. The summed E-state index contributed by atoms with van der Waals surface area (Å²) in [7, 11) is 1.56. The molecule has 0 spiro atoms. The van der Waals surface area contributed by atoms with E-state index in [2.05, 4.69) is 4.98 Å². The lowest BCUT2D eigenvalue weighted by molar-refractivity contribution is -0.0460. The third-order valence-corrected chi connectivity index (χ3v) is 4.19. The molecule has 2 aromatic rings. The second-order valence-corrected chi connectivity index (χ2v) is 5.90. The van der Waals surface area contributed by atoms with Crippen molar-refractivity contribution in [3.05, 3.63) is 56.9 Å². The molecule has 1 aromatic carbocycles. The van der Waals surface area contributed by atoms with Crippen molar-refractivity contribution < 1.29 is 24.4 Å². The molecule has 0 amide bonds. The smallest absolute Gasteiger partial charge is 0.330 e. The van der Waals surface area contributed by atoms with Crippen LogP contribution in [-0.2, 0) is 11.3 Å². The van der Waals surface area contributed by atoms with E-state index in [9.17, 15) is 14.7 Å². The first-order valence-electron chi connectivity index (χ1n) is 8.07. The first kappa shape index (κ1) is 18.2. The fourth-order valence-electron chi connectivity index (χ4n) is 2.73. The highest BCUT2D eigenvalue weighted by molar-refractivity contribution is 5.31.